The van der Waals surface area contributed by atoms with E-state index in [0.29, 0.717) is 5.56 Å². The van der Waals surface area contributed by atoms with Crippen LogP contribution in [0.25, 0.3) is 0 Å². The number of rotatable bonds is 4. The Morgan fingerprint density at radius 2 is 1.91 bits per heavy atom. The number of benzene rings is 1. The van der Waals surface area contributed by atoms with Gasteiger partial charge in [-0.05, 0) is 68.1 Å². The summed E-state index contributed by atoms with van der Waals surface area (Å²) < 4.78 is 5.02. The second-order valence-electron chi connectivity index (χ2n) is 7.14. The first-order valence-electron chi connectivity index (χ1n) is 7.88. The summed E-state index contributed by atoms with van der Waals surface area (Å²) in [6, 6.07) is 5.96. The summed E-state index contributed by atoms with van der Waals surface area (Å²) in [7, 11) is 1.48. The summed E-state index contributed by atoms with van der Waals surface area (Å²) in [6.07, 6.45) is 5.78. The van der Waals surface area contributed by atoms with Gasteiger partial charge in [-0.2, -0.15) is 0 Å². The Kier molecular flexibility index (Phi) is 3.50. The second kappa shape index (κ2) is 5.11. The lowest BCUT2D eigenvalue weighted by Crippen LogP contribution is -2.27. The molecule has 0 heterocycles. The summed E-state index contributed by atoms with van der Waals surface area (Å²) in [6.45, 7) is 1.90. The highest BCUT2D eigenvalue weighted by Crippen LogP contribution is 2.63. The minimum Gasteiger partial charge on any atom is -0.469 e. The average molecular weight is 301 g/mol. The van der Waals surface area contributed by atoms with Crippen molar-refractivity contribution in [2.75, 3.05) is 7.11 Å². The number of hydrogen-bond donors (Lipinski definition) is 1. The van der Waals surface area contributed by atoms with Crippen LogP contribution in [0, 0.1) is 17.8 Å². The van der Waals surface area contributed by atoms with Gasteiger partial charge in [-0.15, -0.1) is 0 Å². The molecule has 0 unspecified atom stereocenters. The Morgan fingerprint density at radius 3 is 2.50 bits per heavy atom. The van der Waals surface area contributed by atoms with Crippen molar-refractivity contribution in [3.8, 4) is 0 Å². The van der Waals surface area contributed by atoms with Crippen LogP contribution in [-0.2, 0) is 16.0 Å². The van der Waals surface area contributed by atoms with Crippen LogP contribution in [0.15, 0.2) is 18.2 Å². The predicted molar refractivity (Wildman–Crippen MR) is 83.4 cm³/mol. The molecule has 2 N–H and O–H groups in total. The monoisotopic (exact) mass is 301 g/mol. The van der Waals surface area contributed by atoms with Gasteiger partial charge in [0.2, 0.25) is 5.91 Å². The number of carbonyl (C=O) groups excluding carboxylic acids is 2. The molecule has 118 valence electrons. The Hall–Kier alpha value is -1.84. The van der Waals surface area contributed by atoms with Crippen molar-refractivity contribution in [1.29, 1.82) is 0 Å². The molecular weight excluding hydrogens is 278 g/mol. The van der Waals surface area contributed by atoms with Crippen LogP contribution in [0.1, 0.15) is 53.6 Å². The maximum absolute atomic E-state index is 12.1. The molecule has 1 amide bonds. The van der Waals surface area contributed by atoms with Gasteiger partial charge in [0.15, 0.2) is 0 Å². The molecule has 0 spiro atoms. The minimum absolute atomic E-state index is 0.0476. The molecule has 0 saturated heterocycles. The Labute approximate surface area is 131 Å². The highest BCUT2D eigenvalue weighted by molar-refractivity contribution is 5.94. The zero-order valence-corrected chi connectivity index (χ0v) is 13.3. The molecule has 0 aliphatic heterocycles. The fourth-order valence-electron chi connectivity index (χ4n) is 4.54. The van der Waals surface area contributed by atoms with Gasteiger partial charge in [-0.25, -0.2) is 0 Å². The lowest BCUT2D eigenvalue weighted by atomic mass is 9.78. The summed E-state index contributed by atoms with van der Waals surface area (Å²) in [4.78, 5) is 23.6. The van der Waals surface area contributed by atoms with E-state index >= 15 is 0 Å². The van der Waals surface area contributed by atoms with Crippen LogP contribution in [0.4, 0.5) is 0 Å². The number of nitrogens with two attached hydrogens (primary N) is 1. The molecule has 2 saturated carbocycles. The Balaban J connectivity index is 1.82. The van der Waals surface area contributed by atoms with E-state index in [0.717, 1.165) is 49.7 Å². The van der Waals surface area contributed by atoms with Gasteiger partial charge < -0.3 is 10.5 Å². The highest BCUT2D eigenvalue weighted by Gasteiger charge is 2.58. The van der Waals surface area contributed by atoms with Crippen molar-refractivity contribution in [3.05, 3.63) is 34.9 Å². The van der Waals surface area contributed by atoms with E-state index in [9.17, 15) is 9.59 Å². The number of ether oxygens (including phenoxy) is 1. The largest absolute Gasteiger partial charge is 0.469 e. The normalized spacial score (nSPS) is 29.5. The smallest absolute Gasteiger partial charge is 0.311 e. The SMILES string of the molecule is COC(=O)C12CCC(Cc3ccc(C)c(C(N)=O)c3)(CC1)C2. The van der Waals surface area contributed by atoms with Crippen molar-refractivity contribution < 1.29 is 14.3 Å². The quantitative estimate of drug-likeness (QED) is 0.869. The van der Waals surface area contributed by atoms with Gasteiger partial charge in [0.05, 0.1) is 12.5 Å². The Morgan fingerprint density at radius 1 is 1.23 bits per heavy atom. The molecule has 1 aromatic carbocycles. The van der Waals surface area contributed by atoms with E-state index in [1.165, 1.54) is 7.11 Å². The number of hydrogen-bond acceptors (Lipinski definition) is 3. The molecular formula is C18H23NO3. The number of aryl methyl sites for hydroxylation is 1. The van der Waals surface area contributed by atoms with Gasteiger partial charge in [-0.1, -0.05) is 12.1 Å². The van der Waals surface area contributed by atoms with Gasteiger partial charge in [0.1, 0.15) is 0 Å². The zero-order chi connectivity index (χ0) is 16.0. The maximum Gasteiger partial charge on any atom is 0.311 e. The van der Waals surface area contributed by atoms with Crippen LogP contribution < -0.4 is 5.73 Å². The number of carbonyl (C=O) groups is 2. The summed E-state index contributed by atoms with van der Waals surface area (Å²) >= 11 is 0. The molecule has 2 bridgehead atoms. The van der Waals surface area contributed by atoms with Crippen LogP contribution in [0.3, 0.4) is 0 Å². The summed E-state index contributed by atoms with van der Waals surface area (Å²) in [5.41, 5.74) is 8.02. The van der Waals surface area contributed by atoms with Gasteiger partial charge >= 0.3 is 5.97 Å². The highest BCUT2D eigenvalue weighted by atomic mass is 16.5. The topological polar surface area (TPSA) is 69.4 Å². The molecule has 0 atom stereocenters. The van der Waals surface area contributed by atoms with E-state index in [4.69, 9.17) is 10.5 Å². The van der Waals surface area contributed by atoms with Crippen molar-refractivity contribution in [3.63, 3.8) is 0 Å². The lowest BCUT2D eigenvalue weighted by molar-refractivity contribution is -0.152. The number of primary amides is 1. The number of esters is 1. The van der Waals surface area contributed by atoms with E-state index in [1.807, 2.05) is 19.1 Å². The fourth-order valence-corrected chi connectivity index (χ4v) is 4.54. The minimum atomic E-state index is -0.376. The third-order valence-corrected chi connectivity index (χ3v) is 5.75. The summed E-state index contributed by atoms with van der Waals surface area (Å²) in [5.74, 6) is -0.424. The third-order valence-electron chi connectivity index (χ3n) is 5.75. The van der Waals surface area contributed by atoms with Crippen LogP contribution in [-0.4, -0.2) is 19.0 Å². The van der Waals surface area contributed by atoms with Crippen molar-refractivity contribution in [1.82, 2.24) is 0 Å². The van der Waals surface area contributed by atoms with Crippen molar-refractivity contribution in [2.45, 2.75) is 45.4 Å². The van der Waals surface area contributed by atoms with Gasteiger partial charge in [0, 0.05) is 5.56 Å². The lowest BCUT2D eigenvalue weighted by Gasteiger charge is -2.27. The molecule has 2 aliphatic carbocycles. The van der Waals surface area contributed by atoms with E-state index in [2.05, 4.69) is 6.07 Å². The maximum atomic E-state index is 12.1. The summed E-state index contributed by atoms with van der Waals surface area (Å²) in [5, 5.41) is 0. The van der Waals surface area contributed by atoms with Gasteiger partial charge in [0.25, 0.3) is 0 Å². The van der Waals surface area contributed by atoms with Crippen molar-refractivity contribution in [2.24, 2.45) is 16.6 Å². The number of amides is 1. The van der Waals surface area contributed by atoms with Crippen LogP contribution in [0.2, 0.25) is 0 Å². The molecule has 0 aromatic heterocycles. The standard InChI is InChI=1S/C18H23NO3/c1-12-3-4-13(9-14(12)15(19)20)10-17-5-7-18(11-17,8-6-17)16(21)22-2/h3-4,9H,5-8,10-11H2,1-2H3,(H2,19,20). The average Bonchev–Trinajstić information content (AvgIpc) is 3.05. The molecule has 2 aliphatic rings. The van der Waals surface area contributed by atoms with E-state index < -0.39 is 0 Å². The second-order valence-corrected chi connectivity index (χ2v) is 7.14. The Bertz CT molecular complexity index is 627. The van der Waals surface area contributed by atoms with Gasteiger partial charge in [-0.3, -0.25) is 9.59 Å². The first kappa shape index (κ1) is 15.1. The number of fused-ring (bicyclic) bond motifs is 2. The van der Waals surface area contributed by atoms with Crippen molar-refractivity contribution >= 4 is 11.9 Å². The van der Waals surface area contributed by atoms with Crippen LogP contribution >= 0.6 is 0 Å². The molecule has 2 fully saturated rings. The molecule has 22 heavy (non-hydrogen) atoms. The molecule has 0 radical (unpaired) electrons. The zero-order valence-electron chi connectivity index (χ0n) is 13.3. The first-order valence-corrected chi connectivity index (χ1v) is 7.88. The fraction of sp³-hybridized carbons (Fsp3) is 0.556. The molecule has 4 nitrogen and oxygen atoms in total. The third kappa shape index (κ3) is 2.31. The molecule has 3 rings (SSSR count). The van der Waals surface area contributed by atoms with E-state index in [-0.39, 0.29) is 22.7 Å². The molecule has 1 aromatic rings. The van der Waals surface area contributed by atoms with E-state index in [1.54, 1.807) is 0 Å². The number of methoxy groups -OCH3 is 1. The predicted octanol–water partition coefficient (Wildman–Crippen LogP) is 2.76. The molecule has 4 heteroatoms. The van der Waals surface area contributed by atoms with Crippen LogP contribution in [0.5, 0.6) is 0 Å². The first-order chi connectivity index (χ1) is 10.4.